The van der Waals surface area contributed by atoms with Crippen molar-refractivity contribution in [2.24, 2.45) is 0 Å². The fourth-order valence-corrected chi connectivity index (χ4v) is 2.60. The van der Waals surface area contributed by atoms with Crippen molar-refractivity contribution in [3.8, 4) is 11.5 Å². The van der Waals surface area contributed by atoms with Crippen molar-refractivity contribution in [1.82, 2.24) is 10.2 Å². The lowest BCUT2D eigenvalue weighted by Crippen LogP contribution is -2.34. The Kier molecular flexibility index (Phi) is 4.49. The minimum atomic E-state index is -0.513. The van der Waals surface area contributed by atoms with E-state index in [1.54, 1.807) is 0 Å². The SMILES string of the molecule is C=C(NCC1CCCN1C)c1c(O)ccc(F)c1OC. The molecule has 1 unspecified atom stereocenters. The van der Waals surface area contributed by atoms with Crippen molar-refractivity contribution in [3.05, 3.63) is 30.1 Å². The van der Waals surface area contributed by atoms with Crippen LogP contribution in [-0.2, 0) is 0 Å². The van der Waals surface area contributed by atoms with E-state index in [4.69, 9.17) is 4.74 Å². The van der Waals surface area contributed by atoms with E-state index in [0.717, 1.165) is 13.0 Å². The van der Waals surface area contributed by atoms with Crippen LogP contribution in [0.25, 0.3) is 5.70 Å². The first-order chi connectivity index (χ1) is 9.54. The third-order valence-corrected chi connectivity index (χ3v) is 3.82. The summed E-state index contributed by atoms with van der Waals surface area (Å²) in [4.78, 5) is 2.28. The number of ether oxygens (including phenoxy) is 1. The molecule has 110 valence electrons. The molecule has 0 bridgehead atoms. The van der Waals surface area contributed by atoms with Crippen LogP contribution in [-0.4, -0.2) is 43.3 Å². The van der Waals surface area contributed by atoms with Gasteiger partial charge in [0.15, 0.2) is 11.6 Å². The number of rotatable bonds is 5. The molecule has 0 amide bonds. The van der Waals surface area contributed by atoms with Crippen LogP contribution in [0, 0.1) is 5.82 Å². The van der Waals surface area contributed by atoms with Crippen LogP contribution >= 0.6 is 0 Å². The fourth-order valence-electron chi connectivity index (χ4n) is 2.60. The van der Waals surface area contributed by atoms with Crippen LogP contribution in [0.5, 0.6) is 11.5 Å². The molecular weight excluding hydrogens is 259 g/mol. The van der Waals surface area contributed by atoms with Gasteiger partial charge in [-0.25, -0.2) is 4.39 Å². The van der Waals surface area contributed by atoms with E-state index < -0.39 is 5.82 Å². The van der Waals surface area contributed by atoms with E-state index in [-0.39, 0.29) is 17.1 Å². The summed E-state index contributed by atoms with van der Waals surface area (Å²) in [5.41, 5.74) is 0.757. The molecule has 4 nitrogen and oxygen atoms in total. The van der Waals surface area contributed by atoms with Gasteiger partial charge in [0.1, 0.15) is 5.75 Å². The van der Waals surface area contributed by atoms with Gasteiger partial charge in [-0.15, -0.1) is 0 Å². The highest BCUT2D eigenvalue weighted by atomic mass is 19.1. The summed E-state index contributed by atoms with van der Waals surface area (Å²) in [5, 5.41) is 13.1. The van der Waals surface area contributed by atoms with E-state index in [1.807, 2.05) is 0 Å². The molecule has 0 aliphatic carbocycles. The smallest absolute Gasteiger partial charge is 0.167 e. The molecule has 2 rings (SSSR count). The first kappa shape index (κ1) is 14.7. The van der Waals surface area contributed by atoms with Crippen molar-refractivity contribution in [1.29, 1.82) is 0 Å². The summed E-state index contributed by atoms with van der Waals surface area (Å²) in [6.07, 6.45) is 2.31. The van der Waals surface area contributed by atoms with Crippen LogP contribution in [0.15, 0.2) is 18.7 Å². The molecular formula is C15H21FN2O2. The number of phenolic OH excluding ortho intramolecular Hbond substituents is 1. The molecule has 1 heterocycles. The number of hydrogen-bond acceptors (Lipinski definition) is 4. The van der Waals surface area contributed by atoms with E-state index in [9.17, 15) is 9.50 Å². The van der Waals surface area contributed by atoms with Gasteiger partial charge in [0, 0.05) is 18.3 Å². The number of aromatic hydroxyl groups is 1. The number of hydrogen-bond donors (Lipinski definition) is 2. The molecule has 0 spiro atoms. The number of benzene rings is 1. The van der Waals surface area contributed by atoms with Crippen LogP contribution in [0.2, 0.25) is 0 Å². The Morgan fingerprint density at radius 3 is 2.95 bits per heavy atom. The Morgan fingerprint density at radius 1 is 1.60 bits per heavy atom. The summed E-state index contributed by atoms with van der Waals surface area (Å²) >= 11 is 0. The second kappa shape index (κ2) is 6.13. The van der Waals surface area contributed by atoms with Gasteiger partial charge in [0.05, 0.1) is 12.7 Å². The summed E-state index contributed by atoms with van der Waals surface area (Å²) in [7, 11) is 3.46. The van der Waals surface area contributed by atoms with Gasteiger partial charge in [-0.05, 0) is 38.6 Å². The molecule has 1 aliphatic rings. The third-order valence-electron chi connectivity index (χ3n) is 3.82. The van der Waals surface area contributed by atoms with Crippen molar-refractivity contribution in [2.75, 3.05) is 27.2 Å². The van der Waals surface area contributed by atoms with E-state index in [0.29, 0.717) is 18.3 Å². The number of likely N-dealkylation sites (N-methyl/N-ethyl adjacent to an activating group) is 1. The summed E-state index contributed by atoms with van der Waals surface area (Å²) in [6, 6.07) is 2.92. The van der Waals surface area contributed by atoms with Crippen LogP contribution in [0.4, 0.5) is 4.39 Å². The first-order valence-corrected chi connectivity index (χ1v) is 6.73. The second-order valence-corrected chi connectivity index (χ2v) is 5.11. The molecule has 2 N–H and O–H groups in total. The Balaban J connectivity index is 2.11. The highest BCUT2D eigenvalue weighted by molar-refractivity contribution is 5.72. The maximum Gasteiger partial charge on any atom is 0.167 e. The molecule has 0 aromatic heterocycles. The van der Waals surface area contributed by atoms with Gasteiger partial charge >= 0.3 is 0 Å². The molecule has 1 saturated heterocycles. The monoisotopic (exact) mass is 280 g/mol. The minimum absolute atomic E-state index is 0.0160. The zero-order valence-electron chi connectivity index (χ0n) is 11.9. The zero-order valence-corrected chi connectivity index (χ0v) is 11.9. The minimum Gasteiger partial charge on any atom is -0.507 e. The van der Waals surface area contributed by atoms with Gasteiger partial charge in [-0.3, -0.25) is 0 Å². The van der Waals surface area contributed by atoms with Crippen LogP contribution in [0.1, 0.15) is 18.4 Å². The van der Waals surface area contributed by atoms with Gasteiger partial charge in [0.25, 0.3) is 0 Å². The number of phenols is 1. The highest BCUT2D eigenvalue weighted by Crippen LogP contribution is 2.34. The average molecular weight is 280 g/mol. The number of halogens is 1. The molecule has 1 fully saturated rings. The van der Waals surface area contributed by atoms with Gasteiger partial charge in [-0.1, -0.05) is 6.58 Å². The van der Waals surface area contributed by atoms with Crippen LogP contribution in [0.3, 0.4) is 0 Å². The van der Waals surface area contributed by atoms with Crippen molar-refractivity contribution < 1.29 is 14.2 Å². The van der Waals surface area contributed by atoms with Crippen molar-refractivity contribution in [3.63, 3.8) is 0 Å². The Hall–Kier alpha value is -1.75. The zero-order chi connectivity index (χ0) is 14.7. The lowest BCUT2D eigenvalue weighted by molar-refractivity contribution is 0.309. The number of nitrogens with one attached hydrogen (secondary N) is 1. The lowest BCUT2D eigenvalue weighted by Gasteiger charge is -2.22. The molecule has 1 aliphatic heterocycles. The lowest BCUT2D eigenvalue weighted by atomic mass is 10.1. The molecule has 0 radical (unpaired) electrons. The largest absolute Gasteiger partial charge is 0.507 e. The maximum atomic E-state index is 13.7. The molecule has 20 heavy (non-hydrogen) atoms. The number of nitrogens with zero attached hydrogens (tertiary/aromatic N) is 1. The van der Waals surface area contributed by atoms with Crippen molar-refractivity contribution >= 4 is 5.70 Å². The topological polar surface area (TPSA) is 44.7 Å². The maximum absolute atomic E-state index is 13.7. The second-order valence-electron chi connectivity index (χ2n) is 5.11. The van der Waals surface area contributed by atoms with Gasteiger partial charge < -0.3 is 20.1 Å². The van der Waals surface area contributed by atoms with Crippen molar-refractivity contribution in [2.45, 2.75) is 18.9 Å². The summed E-state index contributed by atoms with van der Waals surface area (Å²) < 4.78 is 18.7. The van der Waals surface area contributed by atoms with E-state index >= 15 is 0 Å². The molecule has 5 heteroatoms. The van der Waals surface area contributed by atoms with Crippen LogP contribution < -0.4 is 10.1 Å². The molecule has 0 saturated carbocycles. The number of methoxy groups -OCH3 is 1. The average Bonchev–Trinajstić information content (AvgIpc) is 2.83. The normalized spacial score (nSPS) is 19.1. The number of likely N-dealkylation sites (tertiary alicyclic amines) is 1. The van der Waals surface area contributed by atoms with E-state index in [2.05, 4.69) is 23.8 Å². The predicted molar refractivity (Wildman–Crippen MR) is 77.3 cm³/mol. The fraction of sp³-hybridized carbons (Fsp3) is 0.467. The quantitative estimate of drug-likeness (QED) is 0.868. The predicted octanol–water partition coefficient (Wildman–Crippen LogP) is 2.19. The first-order valence-electron chi connectivity index (χ1n) is 6.73. The molecule has 1 atom stereocenters. The summed E-state index contributed by atoms with van der Waals surface area (Å²) in [6.45, 7) is 5.69. The molecule has 1 aromatic carbocycles. The highest BCUT2D eigenvalue weighted by Gasteiger charge is 2.22. The van der Waals surface area contributed by atoms with E-state index in [1.165, 1.54) is 25.7 Å². The Morgan fingerprint density at radius 2 is 2.35 bits per heavy atom. The van der Waals surface area contributed by atoms with Gasteiger partial charge in [-0.2, -0.15) is 0 Å². The third kappa shape index (κ3) is 2.88. The Bertz CT molecular complexity index is 505. The molecule has 1 aromatic rings. The summed E-state index contributed by atoms with van der Waals surface area (Å²) in [5.74, 6) is -0.538. The van der Waals surface area contributed by atoms with Gasteiger partial charge in [0.2, 0.25) is 0 Å². The Labute approximate surface area is 118 Å². The standard InChI is InChI=1S/C15H21FN2O2/c1-10(17-9-11-5-4-8-18(11)2)14-13(19)7-6-12(16)15(14)20-3/h6-7,11,17,19H,1,4-5,8-9H2,2-3H3.